The molecule has 0 saturated carbocycles. The molecule has 152 valence electrons. The van der Waals surface area contributed by atoms with Crippen molar-refractivity contribution in [3.8, 4) is 5.75 Å². The summed E-state index contributed by atoms with van der Waals surface area (Å²) in [5.74, 6) is -0.989. The summed E-state index contributed by atoms with van der Waals surface area (Å²) in [7, 11) is 0. The molecule has 0 unspecified atom stereocenters. The van der Waals surface area contributed by atoms with E-state index in [-0.39, 0.29) is 18.9 Å². The molecule has 3 rings (SSSR count). The Kier molecular flexibility index (Phi) is 6.49. The van der Waals surface area contributed by atoms with Crippen molar-refractivity contribution in [3.63, 3.8) is 0 Å². The van der Waals surface area contributed by atoms with Gasteiger partial charge < -0.3 is 19.7 Å². The minimum Gasteiger partial charge on any atom is -0.494 e. The summed E-state index contributed by atoms with van der Waals surface area (Å²) in [6, 6.07) is 14.5. The van der Waals surface area contributed by atoms with Crippen molar-refractivity contribution in [2.45, 2.75) is 20.3 Å². The van der Waals surface area contributed by atoms with Crippen LogP contribution in [0.2, 0.25) is 0 Å². The van der Waals surface area contributed by atoms with Crippen LogP contribution in [0.15, 0.2) is 48.5 Å². The van der Waals surface area contributed by atoms with Gasteiger partial charge in [0.05, 0.1) is 12.5 Å². The zero-order valence-electron chi connectivity index (χ0n) is 16.5. The number of rotatable bonds is 7. The second kappa shape index (κ2) is 9.23. The van der Waals surface area contributed by atoms with E-state index < -0.39 is 24.4 Å². The van der Waals surface area contributed by atoms with Gasteiger partial charge in [0, 0.05) is 24.3 Å². The van der Waals surface area contributed by atoms with Crippen LogP contribution in [0.1, 0.15) is 18.9 Å². The molecule has 0 bridgehead atoms. The topological polar surface area (TPSA) is 84.9 Å². The van der Waals surface area contributed by atoms with Gasteiger partial charge in [-0.05, 0) is 55.8 Å². The summed E-state index contributed by atoms with van der Waals surface area (Å²) in [6.45, 7) is 4.25. The first-order valence-corrected chi connectivity index (χ1v) is 9.52. The van der Waals surface area contributed by atoms with Crippen molar-refractivity contribution < 1.29 is 23.9 Å². The van der Waals surface area contributed by atoms with Gasteiger partial charge in [0.2, 0.25) is 5.91 Å². The summed E-state index contributed by atoms with van der Waals surface area (Å²) in [5.41, 5.74) is 2.38. The van der Waals surface area contributed by atoms with E-state index in [1.807, 2.05) is 38.1 Å². The van der Waals surface area contributed by atoms with Crippen LogP contribution in [0.5, 0.6) is 5.75 Å². The van der Waals surface area contributed by atoms with Crippen LogP contribution in [0.25, 0.3) is 0 Å². The Morgan fingerprint density at radius 3 is 2.62 bits per heavy atom. The third-order valence-corrected chi connectivity index (χ3v) is 4.57. The number of hydrogen-bond acceptors (Lipinski definition) is 5. The van der Waals surface area contributed by atoms with Gasteiger partial charge >= 0.3 is 5.97 Å². The number of carbonyl (C=O) groups excluding carboxylic acids is 3. The number of aryl methyl sites for hydroxylation is 1. The summed E-state index contributed by atoms with van der Waals surface area (Å²) >= 11 is 0. The monoisotopic (exact) mass is 396 g/mol. The van der Waals surface area contributed by atoms with Gasteiger partial charge in [-0.1, -0.05) is 12.1 Å². The van der Waals surface area contributed by atoms with E-state index in [0.717, 1.165) is 11.3 Å². The van der Waals surface area contributed by atoms with Gasteiger partial charge in [-0.25, -0.2) is 0 Å². The molecule has 0 aliphatic carbocycles. The molecule has 2 aromatic rings. The molecule has 1 fully saturated rings. The van der Waals surface area contributed by atoms with Crippen LogP contribution in [-0.4, -0.2) is 37.5 Å². The molecule has 1 aliphatic rings. The van der Waals surface area contributed by atoms with Crippen molar-refractivity contribution in [1.29, 1.82) is 0 Å². The van der Waals surface area contributed by atoms with E-state index in [9.17, 15) is 14.4 Å². The number of ether oxygens (including phenoxy) is 2. The first-order chi connectivity index (χ1) is 14.0. The SMILES string of the molecule is CCOc1ccc(NC(=O)COC(=O)[C@H]2CC(=O)N(c3cccc(C)c3)C2)cc1. The van der Waals surface area contributed by atoms with Crippen LogP contribution >= 0.6 is 0 Å². The van der Waals surface area contributed by atoms with Gasteiger partial charge in [-0.3, -0.25) is 14.4 Å². The maximum atomic E-state index is 12.3. The third kappa shape index (κ3) is 5.34. The van der Waals surface area contributed by atoms with Crippen LogP contribution in [0.3, 0.4) is 0 Å². The fraction of sp³-hybridized carbons (Fsp3) is 0.318. The highest BCUT2D eigenvalue weighted by Gasteiger charge is 2.36. The first-order valence-electron chi connectivity index (χ1n) is 9.52. The highest BCUT2D eigenvalue weighted by molar-refractivity contribution is 6.00. The Hall–Kier alpha value is -3.35. The Labute approximate surface area is 169 Å². The smallest absolute Gasteiger partial charge is 0.311 e. The average molecular weight is 396 g/mol. The average Bonchev–Trinajstić information content (AvgIpc) is 3.10. The molecular weight excluding hydrogens is 372 g/mol. The summed E-state index contributed by atoms with van der Waals surface area (Å²) in [4.78, 5) is 38.2. The number of esters is 1. The number of carbonyl (C=O) groups is 3. The highest BCUT2D eigenvalue weighted by atomic mass is 16.5. The number of nitrogens with one attached hydrogen (secondary N) is 1. The Morgan fingerprint density at radius 2 is 1.93 bits per heavy atom. The lowest BCUT2D eigenvalue weighted by Gasteiger charge is -2.17. The molecule has 2 aromatic carbocycles. The Morgan fingerprint density at radius 1 is 1.17 bits per heavy atom. The molecule has 1 aliphatic heterocycles. The Bertz CT molecular complexity index is 894. The molecule has 2 amide bonds. The normalized spacial score (nSPS) is 15.9. The summed E-state index contributed by atoms with van der Waals surface area (Å²) in [5, 5.41) is 2.66. The van der Waals surface area contributed by atoms with Crippen LogP contribution in [0.4, 0.5) is 11.4 Å². The minimum absolute atomic E-state index is 0.0767. The van der Waals surface area contributed by atoms with Crippen molar-refractivity contribution >= 4 is 29.2 Å². The van der Waals surface area contributed by atoms with Gasteiger partial charge in [0.1, 0.15) is 5.75 Å². The van der Waals surface area contributed by atoms with Crippen molar-refractivity contribution in [1.82, 2.24) is 0 Å². The molecule has 1 heterocycles. The van der Waals surface area contributed by atoms with Crippen LogP contribution in [0, 0.1) is 12.8 Å². The number of amides is 2. The van der Waals surface area contributed by atoms with E-state index in [2.05, 4.69) is 5.32 Å². The van der Waals surface area contributed by atoms with Crippen molar-refractivity contribution in [3.05, 3.63) is 54.1 Å². The zero-order valence-corrected chi connectivity index (χ0v) is 16.5. The molecule has 1 N–H and O–H groups in total. The second-order valence-corrected chi connectivity index (χ2v) is 6.86. The second-order valence-electron chi connectivity index (χ2n) is 6.86. The van der Waals surface area contributed by atoms with E-state index in [1.165, 1.54) is 0 Å². The molecule has 0 aromatic heterocycles. The third-order valence-electron chi connectivity index (χ3n) is 4.57. The first kappa shape index (κ1) is 20.4. The standard InChI is InChI=1S/C22H24N2O5/c1-3-28-19-9-7-17(8-10-19)23-20(25)14-29-22(27)16-12-21(26)24(13-16)18-6-4-5-15(2)11-18/h4-11,16H,3,12-14H2,1-2H3,(H,23,25)/t16-/m0/s1. The lowest BCUT2D eigenvalue weighted by molar-refractivity contribution is -0.151. The molecule has 0 spiro atoms. The largest absolute Gasteiger partial charge is 0.494 e. The maximum absolute atomic E-state index is 12.3. The van der Waals surface area contributed by atoms with Crippen LogP contribution in [-0.2, 0) is 19.1 Å². The number of benzene rings is 2. The van der Waals surface area contributed by atoms with E-state index in [0.29, 0.717) is 18.0 Å². The quantitative estimate of drug-likeness (QED) is 0.728. The van der Waals surface area contributed by atoms with E-state index in [1.54, 1.807) is 29.2 Å². The molecular formula is C22H24N2O5. The van der Waals surface area contributed by atoms with Crippen LogP contribution < -0.4 is 15.0 Å². The number of anilines is 2. The van der Waals surface area contributed by atoms with E-state index in [4.69, 9.17) is 9.47 Å². The molecule has 1 saturated heterocycles. The fourth-order valence-electron chi connectivity index (χ4n) is 3.16. The van der Waals surface area contributed by atoms with Crippen molar-refractivity contribution in [2.24, 2.45) is 5.92 Å². The van der Waals surface area contributed by atoms with Gasteiger partial charge in [-0.2, -0.15) is 0 Å². The predicted octanol–water partition coefficient (Wildman–Crippen LogP) is 2.93. The lowest BCUT2D eigenvalue weighted by atomic mass is 10.1. The molecule has 1 atom stereocenters. The lowest BCUT2D eigenvalue weighted by Crippen LogP contribution is -2.28. The molecule has 7 heteroatoms. The zero-order chi connectivity index (χ0) is 20.8. The number of nitrogens with zero attached hydrogens (tertiary/aromatic N) is 1. The minimum atomic E-state index is -0.582. The summed E-state index contributed by atoms with van der Waals surface area (Å²) in [6.07, 6.45) is 0.0767. The predicted molar refractivity (Wildman–Crippen MR) is 109 cm³/mol. The fourth-order valence-corrected chi connectivity index (χ4v) is 3.16. The number of hydrogen-bond donors (Lipinski definition) is 1. The van der Waals surface area contributed by atoms with Gasteiger partial charge in [-0.15, -0.1) is 0 Å². The molecule has 7 nitrogen and oxygen atoms in total. The van der Waals surface area contributed by atoms with E-state index >= 15 is 0 Å². The van der Waals surface area contributed by atoms with Gasteiger partial charge in [0.15, 0.2) is 6.61 Å². The molecule has 0 radical (unpaired) electrons. The van der Waals surface area contributed by atoms with Crippen molar-refractivity contribution in [2.75, 3.05) is 30.0 Å². The van der Waals surface area contributed by atoms with Gasteiger partial charge in [0.25, 0.3) is 5.91 Å². The highest BCUT2D eigenvalue weighted by Crippen LogP contribution is 2.26. The molecule has 29 heavy (non-hydrogen) atoms. The maximum Gasteiger partial charge on any atom is 0.311 e. The Balaban J connectivity index is 1.49. The summed E-state index contributed by atoms with van der Waals surface area (Å²) < 4.78 is 10.5.